The molecule has 24 heavy (non-hydrogen) atoms. The van der Waals surface area contributed by atoms with E-state index in [1.54, 1.807) is 6.92 Å². The molecule has 1 aliphatic heterocycles. The normalized spacial score (nSPS) is 13.5. The predicted molar refractivity (Wildman–Crippen MR) is 96.7 cm³/mol. The molecule has 0 fully saturated rings. The van der Waals surface area contributed by atoms with Gasteiger partial charge in [-0.15, -0.1) is 10.2 Å². The second kappa shape index (κ2) is 7.76. The Kier molecular flexibility index (Phi) is 5.47. The van der Waals surface area contributed by atoms with E-state index in [0.717, 1.165) is 25.1 Å². The zero-order valence-corrected chi connectivity index (χ0v) is 15.0. The summed E-state index contributed by atoms with van der Waals surface area (Å²) in [4.78, 5) is 25.8. The number of nitrogens with one attached hydrogen (secondary N) is 1. The summed E-state index contributed by atoms with van der Waals surface area (Å²) in [5, 5.41) is 11.1. The number of amides is 2. The van der Waals surface area contributed by atoms with E-state index in [4.69, 9.17) is 0 Å². The highest BCUT2D eigenvalue weighted by molar-refractivity contribution is 8.01. The number of carbonyl (C=O) groups excluding carboxylic acids is 2. The van der Waals surface area contributed by atoms with Crippen molar-refractivity contribution < 1.29 is 9.59 Å². The number of carbonyl (C=O) groups is 2. The summed E-state index contributed by atoms with van der Waals surface area (Å²) in [6, 6.07) is 8.05. The van der Waals surface area contributed by atoms with Crippen LogP contribution in [0.3, 0.4) is 0 Å². The quantitative estimate of drug-likeness (QED) is 0.654. The fourth-order valence-corrected chi connectivity index (χ4v) is 4.16. The van der Waals surface area contributed by atoms with Crippen LogP contribution in [-0.2, 0) is 16.0 Å². The lowest BCUT2D eigenvalue weighted by Crippen LogP contribution is -2.36. The standard InChI is InChI=1S/C16H18N4O2S2/c1-2-13(21)17-15-18-19-16(24-15)23-10-14(22)20-9-5-7-11-6-3-4-8-12(11)20/h3-4,6,8H,2,5,7,9-10H2,1H3,(H,17,18,21). The van der Waals surface area contributed by atoms with Gasteiger partial charge < -0.3 is 10.2 Å². The van der Waals surface area contributed by atoms with E-state index in [1.807, 2.05) is 23.1 Å². The average molecular weight is 362 g/mol. The first-order chi connectivity index (χ1) is 11.7. The maximum Gasteiger partial charge on any atom is 0.237 e. The molecule has 1 N–H and O–H groups in total. The Labute approximate surface area is 148 Å². The van der Waals surface area contributed by atoms with Crippen LogP contribution in [0.2, 0.25) is 0 Å². The smallest absolute Gasteiger partial charge is 0.237 e. The molecule has 0 atom stereocenters. The van der Waals surface area contributed by atoms with Crippen molar-refractivity contribution in [3.05, 3.63) is 29.8 Å². The van der Waals surface area contributed by atoms with E-state index in [2.05, 4.69) is 21.6 Å². The third kappa shape index (κ3) is 3.93. The molecule has 0 aliphatic carbocycles. The summed E-state index contributed by atoms with van der Waals surface area (Å²) in [5.74, 6) is 0.287. The van der Waals surface area contributed by atoms with Gasteiger partial charge in [0.15, 0.2) is 4.34 Å². The number of nitrogens with zero attached hydrogens (tertiary/aromatic N) is 3. The van der Waals surface area contributed by atoms with Crippen molar-refractivity contribution in [1.82, 2.24) is 10.2 Å². The molecule has 8 heteroatoms. The van der Waals surface area contributed by atoms with Crippen LogP contribution in [0, 0.1) is 0 Å². The maximum absolute atomic E-state index is 12.6. The lowest BCUT2D eigenvalue weighted by atomic mass is 10.0. The predicted octanol–water partition coefficient (Wildman–Crippen LogP) is 2.96. The Balaban J connectivity index is 1.59. The highest BCUT2D eigenvalue weighted by Crippen LogP contribution is 2.29. The molecule has 0 unspecified atom stereocenters. The Morgan fingerprint density at radius 3 is 3.00 bits per heavy atom. The number of fused-ring (bicyclic) bond motifs is 1. The van der Waals surface area contributed by atoms with Crippen LogP contribution in [0.1, 0.15) is 25.3 Å². The highest BCUT2D eigenvalue weighted by atomic mass is 32.2. The van der Waals surface area contributed by atoms with Gasteiger partial charge in [0, 0.05) is 18.7 Å². The Bertz CT molecular complexity index is 747. The lowest BCUT2D eigenvalue weighted by molar-refractivity contribution is -0.116. The zero-order valence-electron chi connectivity index (χ0n) is 13.3. The molecule has 3 rings (SSSR count). The molecular weight excluding hydrogens is 344 g/mol. The number of thioether (sulfide) groups is 1. The first kappa shape index (κ1) is 16.9. The third-order valence-corrected chi connectivity index (χ3v) is 5.66. The summed E-state index contributed by atoms with van der Waals surface area (Å²) in [6.07, 6.45) is 2.40. The van der Waals surface area contributed by atoms with Crippen LogP contribution in [0.25, 0.3) is 0 Å². The van der Waals surface area contributed by atoms with Gasteiger partial charge in [0.1, 0.15) is 0 Å². The number of rotatable bonds is 5. The van der Waals surface area contributed by atoms with Gasteiger partial charge in [0.2, 0.25) is 16.9 Å². The van der Waals surface area contributed by atoms with Gasteiger partial charge in [0.05, 0.1) is 5.75 Å². The molecule has 1 aliphatic rings. The minimum absolute atomic E-state index is 0.0708. The lowest BCUT2D eigenvalue weighted by Gasteiger charge is -2.29. The molecule has 0 spiro atoms. The fraction of sp³-hybridized carbons (Fsp3) is 0.375. The Morgan fingerprint density at radius 2 is 2.17 bits per heavy atom. The largest absolute Gasteiger partial charge is 0.311 e. The topological polar surface area (TPSA) is 75.2 Å². The Morgan fingerprint density at radius 1 is 1.33 bits per heavy atom. The van der Waals surface area contributed by atoms with Gasteiger partial charge in [-0.3, -0.25) is 9.59 Å². The van der Waals surface area contributed by atoms with E-state index in [0.29, 0.717) is 21.6 Å². The molecule has 2 heterocycles. The molecule has 1 aromatic carbocycles. The van der Waals surface area contributed by atoms with Crippen molar-refractivity contribution in [1.29, 1.82) is 0 Å². The number of para-hydroxylation sites is 1. The van der Waals surface area contributed by atoms with E-state index >= 15 is 0 Å². The van der Waals surface area contributed by atoms with Crippen LogP contribution in [0.5, 0.6) is 0 Å². The first-order valence-electron chi connectivity index (χ1n) is 7.82. The van der Waals surface area contributed by atoms with Crippen LogP contribution >= 0.6 is 23.1 Å². The second-order valence-corrected chi connectivity index (χ2v) is 7.54. The number of aryl methyl sites for hydroxylation is 1. The van der Waals surface area contributed by atoms with Crippen LogP contribution < -0.4 is 10.2 Å². The fourth-order valence-electron chi connectivity index (χ4n) is 2.52. The second-order valence-electron chi connectivity index (χ2n) is 5.34. The van der Waals surface area contributed by atoms with Crippen LogP contribution in [0.15, 0.2) is 28.6 Å². The average Bonchev–Trinajstić information content (AvgIpc) is 3.06. The van der Waals surface area contributed by atoms with Crippen molar-refractivity contribution in [2.45, 2.75) is 30.5 Å². The Hall–Kier alpha value is -1.93. The zero-order chi connectivity index (χ0) is 16.9. The number of aromatic nitrogens is 2. The molecule has 6 nitrogen and oxygen atoms in total. The number of anilines is 2. The van der Waals surface area contributed by atoms with Crippen molar-refractivity contribution >= 4 is 45.7 Å². The van der Waals surface area contributed by atoms with E-state index in [1.165, 1.54) is 28.7 Å². The number of hydrogen-bond acceptors (Lipinski definition) is 6. The summed E-state index contributed by atoms with van der Waals surface area (Å²) in [5.41, 5.74) is 2.24. The van der Waals surface area contributed by atoms with Crippen molar-refractivity contribution in [3.63, 3.8) is 0 Å². The molecule has 0 saturated carbocycles. The van der Waals surface area contributed by atoms with Crippen molar-refractivity contribution in [3.8, 4) is 0 Å². The minimum atomic E-state index is -0.0938. The van der Waals surface area contributed by atoms with Crippen molar-refractivity contribution in [2.75, 3.05) is 22.5 Å². The van der Waals surface area contributed by atoms with E-state index in [9.17, 15) is 9.59 Å². The first-order valence-corrected chi connectivity index (χ1v) is 9.62. The van der Waals surface area contributed by atoms with Gasteiger partial charge in [-0.05, 0) is 24.5 Å². The minimum Gasteiger partial charge on any atom is -0.311 e. The molecule has 126 valence electrons. The van der Waals surface area contributed by atoms with E-state index < -0.39 is 0 Å². The maximum atomic E-state index is 12.6. The molecule has 0 bridgehead atoms. The molecule has 0 saturated heterocycles. The van der Waals surface area contributed by atoms with Gasteiger partial charge >= 0.3 is 0 Å². The van der Waals surface area contributed by atoms with Gasteiger partial charge in [-0.25, -0.2) is 0 Å². The third-order valence-electron chi connectivity index (χ3n) is 3.70. The molecular formula is C16H18N4O2S2. The number of hydrogen-bond donors (Lipinski definition) is 1. The summed E-state index contributed by atoms with van der Waals surface area (Å²) < 4.78 is 0.681. The van der Waals surface area contributed by atoms with Crippen molar-refractivity contribution in [2.24, 2.45) is 0 Å². The molecule has 0 radical (unpaired) electrons. The van der Waals surface area contributed by atoms with Crippen LogP contribution in [0.4, 0.5) is 10.8 Å². The summed E-state index contributed by atoms with van der Waals surface area (Å²) in [7, 11) is 0. The van der Waals surface area contributed by atoms with Gasteiger partial charge in [-0.2, -0.15) is 0 Å². The number of benzene rings is 1. The monoisotopic (exact) mass is 362 g/mol. The van der Waals surface area contributed by atoms with Gasteiger partial charge in [-0.1, -0.05) is 48.2 Å². The molecule has 2 amide bonds. The molecule has 1 aromatic heterocycles. The highest BCUT2D eigenvalue weighted by Gasteiger charge is 2.22. The summed E-state index contributed by atoms with van der Waals surface area (Å²) in [6.45, 7) is 2.53. The van der Waals surface area contributed by atoms with Gasteiger partial charge in [0.25, 0.3) is 0 Å². The SMILES string of the molecule is CCC(=O)Nc1nnc(SCC(=O)N2CCCc3ccccc32)s1. The van der Waals surface area contributed by atoms with E-state index in [-0.39, 0.29) is 11.8 Å². The molecule has 2 aromatic rings. The summed E-state index contributed by atoms with van der Waals surface area (Å²) >= 11 is 2.64. The van der Waals surface area contributed by atoms with Crippen LogP contribution in [-0.4, -0.2) is 34.3 Å².